The van der Waals surface area contributed by atoms with Crippen LogP contribution >= 0.6 is 31.9 Å². The predicted octanol–water partition coefficient (Wildman–Crippen LogP) is 34.8. The molecule has 0 spiro atoms. The molecule has 4 aliphatic heterocycles. The second-order valence-electron chi connectivity index (χ2n) is 43.7. The summed E-state index contributed by atoms with van der Waals surface area (Å²) in [6.07, 6.45) is 14.8. The monoisotopic (exact) mass is 1950 g/mol. The zero-order chi connectivity index (χ0) is 95.2. The van der Waals surface area contributed by atoms with Gasteiger partial charge in [-0.3, -0.25) is 0 Å². The van der Waals surface area contributed by atoms with E-state index in [0.717, 1.165) is 14.4 Å². The van der Waals surface area contributed by atoms with Crippen LogP contribution < -0.4 is 20.2 Å². The highest BCUT2D eigenvalue weighted by Gasteiger charge is 2.62. The average molecular weight is 1950 g/mol. The van der Waals surface area contributed by atoms with Crippen molar-refractivity contribution in [3.63, 3.8) is 0 Å². The molecule has 0 bridgehead atoms. The van der Waals surface area contributed by atoms with Crippen LogP contribution in [0.4, 0.5) is 34.1 Å². The summed E-state index contributed by atoms with van der Waals surface area (Å²) in [5.74, 6) is 0. The van der Waals surface area contributed by atoms with Crippen LogP contribution in [0.5, 0.6) is 0 Å². The molecule has 6 unspecified atom stereocenters. The van der Waals surface area contributed by atoms with Crippen LogP contribution in [0.2, 0.25) is 0 Å². The molecule has 18 aromatic carbocycles. The molecular weight excluding hydrogens is 1830 g/mol. The zero-order valence-electron chi connectivity index (χ0n) is 81.9. The van der Waals surface area contributed by atoms with E-state index in [-0.39, 0.29) is 51.2 Å². The quantitative estimate of drug-likeness (QED) is 0.101. The maximum absolute atomic E-state index is 6.38. The summed E-state index contributed by atoms with van der Waals surface area (Å²) in [6, 6.07) is 146. The van der Waals surface area contributed by atoms with Crippen LogP contribution in [0.15, 0.2) is 397 Å². The van der Waals surface area contributed by atoms with E-state index in [1.807, 2.05) is 0 Å². The van der Waals surface area contributed by atoms with Crippen LogP contribution in [-0.2, 0) is 36.4 Å². The summed E-state index contributed by atoms with van der Waals surface area (Å²) >= 11 is 7.56. The molecule has 0 amide bonds. The van der Waals surface area contributed by atoms with Crippen LogP contribution in [0, 0.1) is 0 Å². The molecule has 3 saturated carbocycles. The van der Waals surface area contributed by atoms with Gasteiger partial charge in [-0.15, -0.1) is 0 Å². The van der Waals surface area contributed by atoms with E-state index >= 15 is 0 Å². The molecule has 140 heavy (non-hydrogen) atoms. The third kappa shape index (κ3) is 12.8. The van der Waals surface area contributed by atoms with Gasteiger partial charge in [-0.2, -0.15) is 0 Å². The topological polar surface area (TPSA) is 28.2 Å². The van der Waals surface area contributed by atoms with Gasteiger partial charge in [0.1, 0.15) is 0 Å². The van der Waals surface area contributed by atoms with Crippen LogP contribution in [0.3, 0.4) is 0 Å². The van der Waals surface area contributed by atoms with Crippen molar-refractivity contribution >= 4 is 122 Å². The highest BCUT2D eigenvalue weighted by atomic mass is 79.9. The van der Waals surface area contributed by atoms with E-state index in [4.69, 9.17) is 9.31 Å². The first-order chi connectivity index (χ1) is 68.0. The Morgan fingerprint density at radius 1 is 0.243 bits per heavy atom. The Balaban J connectivity index is 0.000000130. The van der Waals surface area contributed by atoms with Crippen molar-refractivity contribution in [3.05, 3.63) is 458 Å². The molecule has 0 radical (unpaired) electrons. The summed E-state index contributed by atoms with van der Waals surface area (Å²) in [5, 5.41) is 10.4. The lowest BCUT2D eigenvalue weighted by Gasteiger charge is -2.50. The average Bonchev–Trinajstić information content (AvgIpc) is 1.48. The Labute approximate surface area is 843 Å². The molecule has 5 aliphatic carbocycles. The number of benzene rings is 18. The number of hydrogen-bond donors (Lipinski definition) is 0. The number of nitrogens with zero attached hydrogens (tertiary/aromatic N) is 3. The lowest BCUT2D eigenvalue weighted by atomic mass is 9.61. The van der Waals surface area contributed by atoms with Crippen molar-refractivity contribution in [2.75, 3.05) is 14.7 Å². The van der Waals surface area contributed by atoms with Gasteiger partial charge in [0.2, 0.25) is 0 Å². The Morgan fingerprint density at radius 2 is 0.536 bits per heavy atom. The van der Waals surface area contributed by atoms with Gasteiger partial charge in [0.15, 0.2) is 0 Å². The molecule has 5 nitrogen and oxygen atoms in total. The van der Waals surface area contributed by atoms with Crippen molar-refractivity contribution in [2.24, 2.45) is 0 Å². The first-order valence-electron chi connectivity index (χ1n) is 51.1. The highest BCUT2D eigenvalue weighted by molar-refractivity contribution is 9.10. The van der Waals surface area contributed by atoms with Gasteiger partial charge in [-0.1, -0.05) is 376 Å². The molecular formula is C132H118BBr2N3O2. The number of para-hydroxylation sites is 3. The number of halogens is 2. The number of fused-ring (bicyclic) bond motifs is 25. The lowest BCUT2D eigenvalue weighted by molar-refractivity contribution is 0.00578. The van der Waals surface area contributed by atoms with Crippen molar-refractivity contribution in [1.29, 1.82) is 0 Å². The Morgan fingerprint density at radius 3 is 0.943 bits per heavy atom. The Bertz CT molecular complexity index is 7900. The number of rotatable bonds is 10. The molecule has 690 valence electrons. The summed E-state index contributed by atoms with van der Waals surface area (Å²) in [7, 11) is -0.315. The maximum atomic E-state index is 6.38. The van der Waals surface area contributed by atoms with Crippen molar-refractivity contribution in [2.45, 2.75) is 201 Å². The minimum atomic E-state index is -0.601. The van der Waals surface area contributed by atoms with Gasteiger partial charge in [0.05, 0.1) is 38.6 Å². The SMILES string of the molecule is Brc1ccc2c(c1)C(c1ccccc1)(c1ccccc1)c1c-2c2ccccc2c2cc(Br)ccc12.CC1(C)OB(c2ccc3c(c2)C2(C)CCCCC2(C)N3c2ccccc2)OC1(C)C.CC12CCCCC1(C)N(c1ccccc1)c1ccc(-c3ccc4c(c3)C(c3ccccc3)(c3ccccc3)c3c-4c4ccccc4c4cc(-c5ccc6c(c5)C5(C)CCCCC5(C)N6c5ccccc5)ccc34)cc12. The predicted molar refractivity (Wildman–Crippen MR) is 594 cm³/mol. The van der Waals surface area contributed by atoms with Crippen molar-refractivity contribution in [1.82, 2.24) is 0 Å². The fourth-order valence-electron chi connectivity index (χ4n) is 28.4. The van der Waals surface area contributed by atoms with Gasteiger partial charge < -0.3 is 24.0 Å². The zero-order valence-corrected chi connectivity index (χ0v) is 85.1. The van der Waals surface area contributed by atoms with Crippen molar-refractivity contribution < 1.29 is 9.31 Å². The highest BCUT2D eigenvalue weighted by Crippen LogP contribution is 2.68. The van der Waals surface area contributed by atoms with Crippen LogP contribution in [0.25, 0.3) is 87.6 Å². The van der Waals surface area contributed by atoms with E-state index < -0.39 is 10.8 Å². The van der Waals surface area contributed by atoms with Crippen LogP contribution in [-0.4, -0.2) is 34.9 Å². The second kappa shape index (κ2) is 33.0. The molecule has 4 fully saturated rings. The van der Waals surface area contributed by atoms with Gasteiger partial charge in [-0.25, -0.2) is 0 Å². The standard InChI is InChI=1S/C73H64N2.C33H20Br2.C26H34BNO2/c1-69-41-19-21-43-71(69,3)74(55-27-13-7-14-28-55)65-39-35-51(47-63(65)69)49-33-37-59-61(45-49)57-31-17-18-32-58(57)67-60-38-34-50(46-62(60)73(68(59)67,53-23-9-5-10-24-53)54-25-11-6-12-26-54)52-36-40-66-64(48-52)70(2)42-20-22-44-72(70,4)75(66)56-29-15-8-16-30-56;34-23-15-17-27-29(19-23)25-13-7-8-14-26(25)31-28-18-16-24(35)20-30(28)33(32(27)31,21-9-3-1-4-10-21)22-11-5-2-6-12-22;1-23(2)24(3,4)30-27(29-23)19-14-15-22-21(18-19)25(5)16-10-11-17-26(25,6)28(22)20-12-8-7-9-13-20/h5-18,23-40,45-48H,19-22,41-44H2,1-4H3;1-20H;7-9,12-15,18H,10-11,16-17H2,1-6H3. The molecule has 0 N–H and O–H groups in total. The van der Waals surface area contributed by atoms with E-state index in [2.05, 4.69) is 504 Å². The smallest absolute Gasteiger partial charge is 0.399 e. The van der Waals surface area contributed by atoms with Crippen LogP contribution in [0.1, 0.15) is 207 Å². The summed E-state index contributed by atoms with van der Waals surface area (Å²) in [4.78, 5) is 7.99. The maximum Gasteiger partial charge on any atom is 0.494 e. The van der Waals surface area contributed by atoms with Gasteiger partial charge >= 0.3 is 7.12 Å². The molecule has 6 atom stereocenters. The first-order valence-corrected chi connectivity index (χ1v) is 52.7. The van der Waals surface area contributed by atoms with Gasteiger partial charge in [0, 0.05) is 59.3 Å². The molecule has 0 aromatic heterocycles. The van der Waals surface area contributed by atoms with E-state index in [1.54, 1.807) is 0 Å². The van der Waals surface area contributed by atoms with Gasteiger partial charge in [0.25, 0.3) is 0 Å². The third-order valence-corrected chi connectivity index (χ3v) is 37.5. The molecule has 18 aromatic rings. The summed E-state index contributed by atoms with van der Waals surface area (Å²) in [5.41, 5.74) is 33.0. The van der Waals surface area contributed by atoms with Crippen molar-refractivity contribution in [3.8, 4) is 44.5 Å². The number of anilines is 6. The largest absolute Gasteiger partial charge is 0.494 e. The molecule has 4 heterocycles. The van der Waals surface area contributed by atoms with E-state index in [0.29, 0.717) is 0 Å². The summed E-state index contributed by atoms with van der Waals surface area (Å²) in [6.45, 7) is 23.6. The Hall–Kier alpha value is -12.7. The normalized spacial score (nSPS) is 22.9. The minimum absolute atomic E-state index is 0.000148. The fraction of sp³-hybridized carbons (Fsp3) is 0.242. The molecule has 27 rings (SSSR count). The fourth-order valence-corrected chi connectivity index (χ4v) is 29.1. The molecule has 9 aliphatic rings. The first kappa shape index (κ1) is 88.7. The Kier molecular flexibility index (Phi) is 20.9. The minimum Gasteiger partial charge on any atom is -0.399 e. The molecule has 8 heteroatoms. The second-order valence-corrected chi connectivity index (χ2v) is 45.6. The van der Waals surface area contributed by atoms with Gasteiger partial charge in [-0.05, 0) is 344 Å². The molecule has 1 saturated heterocycles. The lowest BCUT2D eigenvalue weighted by Crippen LogP contribution is -2.54. The summed E-state index contributed by atoms with van der Waals surface area (Å²) < 4.78 is 14.9. The van der Waals surface area contributed by atoms with E-state index in [1.165, 1.54) is 260 Å². The van der Waals surface area contributed by atoms with E-state index in [9.17, 15) is 0 Å². The third-order valence-electron chi connectivity index (χ3n) is 36.5. The number of hydrogen-bond acceptors (Lipinski definition) is 5.